The van der Waals surface area contributed by atoms with Crippen molar-refractivity contribution in [2.24, 2.45) is 11.8 Å². The molecule has 2 unspecified atom stereocenters. The third-order valence-corrected chi connectivity index (χ3v) is 3.98. The molecule has 0 amide bonds. The molecule has 2 bridgehead atoms. The van der Waals surface area contributed by atoms with E-state index >= 15 is 0 Å². The third-order valence-electron chi connectivity index (χ3n) is 3.98. The standard InChI is InChI=1S/C14H17/c1-2-4-11(5-3-1)8-14-10-12-6-7-13(14)9-12/h1-5,13-14H,6-10H2. The molecule has 0 heteroatoms. The van der Waals surface area contributed by atoms with Crippen molar-refractivity contribution in [3.8, 4) is 0 Å². The minimum Gasteiger partial charge on any atom is -0.0622 e. The molecule has 0 heterocycles. The van der Waals surface area contributed by atoms with Crippen LogP contribution in [0.3, 0.4) is 0 Å². The van der Waals surface area contributed by atoms with Gasteiger partial charge in [-0.3, -0.25) is 0 Å². The highest BCUT2D eigenvalue weighted by molar-refractivity contribution is 5.18. The molecule has 2 aliphatic carbocycles. The molecule has 2 aliphatic rings. The van der Waals surface area contributed by atoms with Gasteiger partial charge in [-0.25, -0.2) is 0 Å². The minimum atomic E-state index is 0.973. The van der Waals surface area contributed by atoms with Crippen LogP contribution in [0.2, 0.25) is 0 Å². The first kappa shape index (κ1) is 8.52. The van der Waals surface area contributed by atoms with E-state index in [1.54, 1.807) is 0 Å². The molecule has 73 valence electrons. The van der Waals surface area contributed by atoms with Crippen LogP contribution in [0.4, 0.5) is 0 Å². The number of hydrogen-bond acceptors (Lipinski definition) is 0. The van der Waals surface area contributed by atoms with Crippen LogP contribution in [-0.2, 0) is 6.42 Å². The van der Waals surface area contributed by atoms with Crippen molar-refractivity contribution in [2.45, 2.75) is 32.1 Å². The summed E-state index contributed by atoms with van der Waals surface area (Å²) >= 11 is 0. The maximum Gasteiger partial charge on any atom is -0.0235 e. The molecule has 1 aromatic carbocycles. The second-order valence-corrected chi connectivity index (χ2v) is 4.91. The topological polar surface area (TPSA) is 0 Å². The highest BCUT2D eigenvalue weighted by atomic mass is 14.4. The summed E-state index contributed by atoms with van der Waals surface area (Å²) in [4.78, 5) is 0. The largest absolute Gasteiger partial charge is 0.0622 e. The Balaban J connectivity index is 1.69. The molecule has 2 saturated carbocycles. The molecule has 2 fully saturated rings. The van der Waals surface area contributed by atoms with Crippen LogP contribution >= 0.6 is 0 Å². The summed E-state index contributed by atoms with van der Waals surface area (Å²) in [5, 5.41) is 0. The zero-order valence-corrected chi connectivity index (χ0v) is 8.58. The van der Waals surface area contributed by atoms with Crippen LogP contribution in [0.1, 0.15) is 31.2 Å². The van der Waals surface area contributed by atoms with Crippen LogP contribution in [0, 0.1) is 17.8 Å². The number of fused-ring (bicyclic) bond motifs is 2. The number of rotatable bonds is 2. The lowest BCUT2D eigenvalue weighted by Gasteiger charge is -2.21. The Hall–Kier alpha value is -0.780. The second kappa shape index (κ2) is 3.42. The lowest BCUT2D eigenvalue weighted by Crippen LogP contribution is -2.12. The van der Waals surface area contributed by atoms with E-state index in [-0.39, 0.29) is 0 Å². The second-order valence-electron chi connectivity index (χ2n) is 4.91. The SMILES string of the molecule is c1ccc(CC2C[C]3CCC2C3)cc1. The Bertz CT molecular complexity index is 301. The summed E-state index contributed by atoms with van der Waals surface area (Å²) in [6.07, 6.45) is 7.12. The normalized spacial score (nSPS) is 31.1. The first-order valence-corrected chi connectivity index (χ1v) is 5.79. The average Bonchev–Trinajstić information content (AvgIpc) is 2.81. The van der Waals surface area contributed by atoms with Crippen LogP contribution in [0.15, 0.2) is 30.3 Å². The summed E-state index contributed by atoms with van der Waals surface area (Å²) in [6.45, 7) is 0. The number of hydrogen-bond donors (Lipinski definition) is 0. The summed E-state index contributed by atoms with van der Waals surface area (Å²) < 4.78 is 0. The smallest absolute Gasteiger partial charge is 0.0235 e. The molecule has 0 aliphatic heterocycles. The Kier molecular flexibility index (Phi) is 2.08. The Morgan fingerprint density at radius 1 is 1.07 bits per heavy atom. The number of benzene rings is 1. The zero-order chi connectivity index (χ0) is 9.38. The quantitative estimate of drug-likeness (QED) is 0.660. The van der Waals surface area contributed by atoms with E-state index in [0.717, 1.165) is 11.8 Å². The van der Waals surface area contributed by atoms with Gasteiger partial charge >= 0.3 is 0 Å². The fourth-order valence-corrected chi connectivity index (χ4v) is 3.25. The van der Waals surface area contributed by atoms with Crippen molar-refractivity contribution >= 4 is 0 Å². The maximum atomic E-state index is 2.27. The minimum absolute atomic E-state index is 0.973. The monoisotopic (exact) mass is 185 g/mol. The summed E-state index contributed by atoms with van der Waals surface area (Å²) in [5.74, 6) is 3.86. The highest BCUT2D eigenvalue weighted by Gasteiger charge is 2.39. The lowest BCUT2D eigenvalue weighted by molar-refractivity contribution is 0.357. The molecule has 14 heavy (non-hydrogen) atoms. The van der Waals surface area contributed by atoms with E-state index in [0.29, 0.717) is 0 Å². The van der Waals surface area contributed by atoms with Crippen LogP contribution in [0.5, 0.6) is 0 Å². The predicted octanol–water partition coefficient (Wildman–Crippen LogP) is 3.62. The molecular weight excluding hydrogens is 168 g/mol. The van der Waals surface area contributed by atoms with Crippen molar-refractivity contribution in [3.05, 3.63) is 41.8 Å². The van der Waals surface area contributed by atoms with Gasteiger partial charge in [0.15, 0.2) is 0 Å². The van der Waals surface area contributed by atoms with Crippen molar-refractivity contribution < 1.29 is 0 Å². The van der Waals surface area contributed by atoms with E-state index in [1.807, 2.05) is 5.92 Å². The van der Waals surface area contributed by atoms with Crippen molar-refractivity contribution in [1.82, 2.24) is 0 Å². The average molecular weight is 185 g/mol. The fourth-order valence-electron chi connectivity index (χ4n) is 3.25. The van der Waals surface area contributed by atoms with Gasteiger partial charge in [0.2, 0.25) is 0 Å². The molecular formula is C14H17. The van der Waals surface area contributed by atoms with Crippen LogP contribution in [0.25, 0.3) is 0 Å². The Morgan fingerprint density at radius 2 is 1.93 bits per heavy atom. The molecule has 3 rings (SSSR count). The maximum absolute atomic E-state index is 2.27. The van der Waals surface area contributed by atoms with E-state index in [9.17, 15) is 0 Å². The van der Waals surface area contributed by atoms with Gasteiger partial charge in [0.25, 0.3) is 0 Å². The van der Waals surface area contributed by atoms with E-state index in [4.69, 9.17) is 0 Å². The van der Waals surface area contributed by atoms with Crippen LogP contribution in [-0.4, -0.2) is 0 Å². The molecule has 0 nitrogen and oxygen atoms in total. The third kappa shape index (κ3) is 1.47. The molecule has 1 radical (unpaired) electrons. The molecule has 0 spiro atoms. The van der Waals surface area contributed by atoms with Crippen molar-refractivity contribution in [1.29, 1.82) is 0 Å². The van der Waals surface area contributed by atoms with Gasteiger partial charge in [-0.15, -0.1) is 0 Å². The van der Waals surface area contributed by atoms with Crippen molar-refractivity contribution in [3.63, 3.8) is 0 Å². The zero-order valence-electron chi connectivity index (χ0n) is 8.58. The van der Waals surface area contributed by atoms with Gasteiger partial charge in [0.05, 0.1) is 0 Å². The first-order valence-electron chi connectivity index (χ1n) is 5.79. The van der Waals surface area contributed by atoms with Gasteiger partial charge in [-0.2, -0.15) is 0 Å². The van der Waals surface area contributed by atoms with Gasteiger partial charge in [-0.1, -0.05) is 30.3 Å². The summed E-state index contributed by atoms with van der Waals surface area (Å²) in [7, 11) is 0. The van der Waals surface area contributed by atoms with Gasteiger partial charge < -0.3 is 0 Å². The van der Waals surface area contributed by atoms with Gasteiger partial charge in [0, 0.05) is 0 Å². The van der Waals surface area contributed by atoms with Gasteiger partial charge in [-0.05, 0) is 55.4 Å². The Morgan fingerprint density at radius 3 is 2.57 bits per heavy atom. The molecule has 0 aromatic heterocycles. The van der Waals surface area contributed by atoms with Gasteiger partial charge in [0.1, 0.15) is 0 Å². The fraction of sp³-hybridized carbons (Fsp3) is 0.500. The molecule has 1 aromatic rings. The van der Waals surface area contributed by atoms with E-state index in [1.165, 1.54) is 37.7 Å². The highest BCUT2D eigenvalue weighted by Crippen LogP contribution is 2.50. The van der Waals surface area contributed by atoms with Crippen LogP contribution < -0.4 is 0 Å². The molecule has 0 N–H and O–H groups in total. The summed E-state index contributed by atoms with van der Waals surface area (Å²) in [5.41, 5.74) is 1.53. The first-order chi connectivity index (χ1) is 6.92. The van der Waals surface area contributed by atoms with E-state index < -0.39 is 0 Å². The molecule has 0 saturated heterocycles. The summed E-state index contributed by atoms with van der Waals surface area (Å²) in [6, 6.07) is 11.0. The van der Waals surface area contributed by atoms with Crippen molar-refractivity contribution in [2.75, 3.05) is 0 Å². The predicted molar refractivity (Wildman–Crippen MR) is 58.8 cm³/mol. The Labute approximate surface area is 86.3 Å². The molecule has 2 atom stereocenters. The van der Waals surface area contributed by atoms with E-state index in [2.05, 4.69) is 30.3 Å². The lowest BCUT2D eigenvalue weighted by atomic mass is 9.84.